The van der Waals surface area contributed by atoms with Crippen LogP contribution in [0.4, 0.5) is 0 Å². The van der Waals surface area contributed by atoms with Crippen molar-refractivity contribution in [3.63, 3.8) is 0 Å². The van der Waals surface area contributed by atoms with Crippen LogP contribution in [0.1, 0.15) is 16.7 Å². The summed E-state index contributed by atoms with van der Waals surface area (Å²) in [4.78, 5) is 4.07. The molecule has 0 radical (unpaired) electrons. The summed E-state index contributed by atoms with van der Waals surface area (Å²) in [6.45, 7) is 3.97. The first-order chi connectivity index (χ1) is 10.8. The Kier molecular flexibility index (Phi) is 3.81. The lowest BCUT2D eigenvalue weighted by molar-refractivity contribution is 0.583. The van der Waals surface area contributed by atoms with Gasteiger partial charge in [0.25, 0.3) is 0 Å². The molecule has 1 aromatic carbocycles. The highest BCUT2D eigenvalue weighted by molar-refractivity contribution is 7.90. The van der Waals surface area contributed by atoms with E-state index in [4.69, 9.17) is 0 Å². The van der Waals surface area contributed by atoms with Crippen LogP contribution in [0.25, 0.3) is 5.69 Å². The van der Waals surface area contributed by atoms with E-state index in [2.05, 4.69) is 10.1 Å². The van der Waals surface area contributed by atoms with Gasteiger partial charge in [0.2, 0.25) is 15.0 Å². The summed E-state index contributed by atoms with van der Waals surface area (Å²) in [5.74, 6) is -0.122. The number of sulfone groups is 1. The number of nitrogens with zero attached hydrogens (tertiary/aromatic N) is 4. The van der Waals surface area contributed by atoms with Gasteiger partial charge in [-0.1, -0.05) is 6.07 Å². The van der Waals surface area contributed by atoms with Crippen molar-refractivity contribution in [1.29, 1.82) is 0 Å². The number of hydrogen-bond donors (Lipinski definition) is 0. The lowest BCUT2D eigenvalue weighted by atomic mass is 10.1. The van der Waals surface area contributed by atoms with Crippen molar-refractivity contribution in [1.82, 2.24) is 19.3 Å². The van der Waals surface area contributed by atoms with Gasteiger partial charge in [-0.3, -0.25) is 9.25 Å². The van der Waals surface area contributed by atoms with Crippen molar-refractivity contribution in [2.45, 2.75) is 24.8 Å². The summed E-state index contributed by atoms with van der Waals surface area (Å²) < 4.78 is 28.6. The van der Waals surface area contributed by atoms with Gasteiger partial charge in [0.05, 0.1) is 11.9 Å². The molecule has 0 saturated heterocycles. The van der Waals surface area contributed by atoms with Crippen molar-refractivity contribution in [2.75, 3.05) is 0 Å². The molecule has 0 aliphatic heterocycles. The maximum Gasteiger partial charge on any atom is 0.232 e. The van der Waals surface area contributed by atoms with E-state index in [1.54, 1.807) is 34.9 Å². The van der Waals surface area contributed by atoms with Gasteiger partial charge in [-0.15, -0.1) is 0 Å². The quantitative estimate of drug-likeness (QED) is 0.735. The first kappa shape index (κ1) is 15.5. The van der Waals surface area contributed by atoms with Crippen LogP contribution in [0.2, 0.25) is 0 Å². The second-order valence-corrected chi connectivity index (χ2v) is 7.59. The Morgan fingerprint density at radius 1 is 1.13 bits per heavy atom. The van der Waals surface area contributed by atoms with E-state index in [1.807, 2.05) is 32.0 Å². The second kappa shape index (κ2) is 5.66. The molecule has 7 heteroatoms. The SMILES string of the molecule is Cc1cc(C)cc(-n2ccnc2S(=O)(=O)Cc2cnn(C)c2)c1. The molecular weight excluding hydrogens is 312 g/mol. The molecule has 120 valence electrons. The van der Waals surface area contributed by atoms with Gasteiger partial charge in [0, 0.05) is 36.9 Å². The number of aromatic nitrogens is 4. The van der Waals surface area contributed by atoms with Crippen LogP contribution < -0.4 is 0 Å². The van der Waals surface area contributed by atoms with Crippen LogP contribution in [0.15, 0.2) is 48.1 Å². The predicted octanol–water partition coefficient (Wildman–Crippen LogP) is 2.20. The summed E-state index contributed by atoms with van der Waals surface area (Å²) >= 11 is 0. The molecular formula is C16H18N4O2S. The third-order valence-corrected chi connectivity index (χ3v) is 5.06. The second-order valence-electron chi connectivity index (χ2n) is 5.71. The fraction of sp³-hybridized carbons (Fsp3) is 0.250. The Hall–Kier alpha value is -2.41. The third kappa shape index (κ3) is 3.19. The van der Waals surface area contributed by atoms with Crippen molar-refractivity contribution in [2.24, 2.45) is 7.05 Å². The molecule has 0 N–H and O–H groups in total. The number of rotatable bonds is 4. The van der Waals surface area contributed by atoms with E-state index in [1.165, 1.54) is 6.20 Å². The molecule has 3 rings (SSSR count). The van der Waals surface area contributed by atoms with Crippen LogP contribution in [0.3, 0.4) is 0 Å². The third-order valence-electron chi connectivity index (χ3n) is 3.48. The van der Waals surface area contributed by atoms with Crippen LogP contribution in [0.5, 0.6) is 0 Å². The molecule has 0 aliphatic rings. The van der Waals surface area contributed by atoms with Crippen molar-refractivity contribution in [3.05, 3.63) is 59.7 Å². The topological polar surface area (TPSA) is 69.8 Å². The van der Waals surface area contributed by atoms with Crippen molar-refractivity contribution < 1.29 is 8.42 Å². The Bertz CT molecular complexity index is 934. The molecule has 0 unspecified atom stereocenters. The zero-order valence-corrected chi connectivity index (χ0v) is 14.1. The van der Waals surface area contributed by atoms with Crippen LogP contribution in [0, 0.1) is 13.8 Å². The monoisotopic (exact) mass is 330 g/mol. The molecule has 0 spiro atoms. The fourth-order valence-electron chi connectivity index (χ4n) is 2.64. The molecule has 0 amide bonds. The minimum atomic E-state index is -3.56. The van der Waals surface area contributed by atoms with E-state index in [0.29, 0.717) is 5.56 Å². The van der Waals surface area contributed by atoms with Gasteiger partial charge in [-0.25, -0.2) is 13.4 Å². The minimum Gasteiger partial charge on any atom is -0.291 e. The normalized spacial score (nSPS) is 11.8. The number of imidazole rings is 1. The van der Waals surface area contributed by atoms with E-state index >= 15 is 0 Å². The van der Waals surface area contributed by atoms with Crippen LogP contribution in [-0.2, 0) is 22.6 Å². The highest BCUT2D eigenvalue weighted by atomic mass is 32.2. The van der Waals surface area contributed by atoms with E-state index in [-0.39, 0.29) is 10.9 Å². The fourth-order valence-corrected chi connectivity index (χ4v) is 4.04. The van der Waals surface area contributed by atoms with Gasteiger partial charge in [0.15, 0.2) is 0 Å². The Balaban J connectivity index is 2.03. The van der Waals surface area contributed by atoms with E-state index in [0.717, 1.165) is 16.8 Å². The summed E-state index contributed by atoms with van der Waals surface area (Å²) in [7, 11) is -1.81. The molecule has 0 bridgehead atoms. The largest absolute Gasteiger partial charge is 0.291 e. The highest BCUT2D eigenvalue weighted by Crippen LogP contribution is 2.20. The smallest absolute Gasteiger partial charge is 0.232 e. The molecule has 23 heavy (non-hydrogen) atoms. The summed E-state index contributed by atoms with van der Waals surface area (Å²) in [6.07, 6.45) is 6.43. The van der Waals surface area contributed by atoms with Crippen molar-refractivity contribution in [3.8, 4) is 5.69 Å². The standard InChI is InChI=1S/C16H18N4O2S/c1-12-6-13(2)8-15(7-12)20-5-4-17-16(20)23(21,22)11-14-9-18-19(3)10-14/h4-10H,11H2,1-3H3. The molecule has 2 heterocycles. The minimum absolute atomic E-state index is 0.0475. The number of benzene rings is 1. The summed E-state index contributed by atoms with van der Waals surface area (Å²) in [5.41, 5.74) is 3.58. The molecule has 6 nitrogen and oxygen atoms in total. The van der Waals surface area contributed by atoms with Gasteiger partial charge in [0.1, 0.15) is 0 Å². The van der Waals surface area contributed by atoms with E-state index in [9.17, 15) is 8.42 Å². The first-order valence-corrected chi connectivity index (χ1v) is 8.83. The Labute approximate surface area is 135 Å². The molecule has 0 saturated carbocycles. The van der Waals surface area contributed by atoms with E-state index < -0.39 is 9.84 Å². The van der Waals surface area contributed by atoms with Gasteiger partial charge < -0.3 is 0 Å². The maximum atomic E-state index is 12.7. The lowest BCUT2D eigenvalue weighted by Gasteiger charge is -2.10. The maximum absolute atomic E-state index is 12.7. The molecule has 0 fully saturated rings. The number of aryl methyl sites for hydroxylation is 3. The van der Waals surface area contributed by atoms with Crippen LogP contribution >= 0.6 is 0 Å². The molecule has 2 aromatic heterocycles. The number of hydrogen-bond acceptors (Lipinski definition) is 4. The average Bonchev–Trinajstić information content (AvgIpc) is 3.06. The van der Waals surface area contributed by atoms with Gasteiger partial charge in [-0.05, 0) is 37.1 Å². The predicted molar refractivity (Wildman–Crippen MR) is 87.1 cm³/mol. The lowest BCUT2D eigenvalue weighted by Crippen LogP contribution is -2.12. The highest BCUT2D eigenvalue weighted by Gasteiger charge is 2.22. The molecule has 0 aliphatic carbocycles. The Morgan fingerprint density at radius 3 is 2.43 bits per heavy atom. The first-order valence-electron chi connectivity index (χ1n) is 7.17. The summed E-state index contributed by atoms with van der Waals surface area (Å²) in [5, 5.41) is 4.06. The Morgan fingerprint density at radius 2 is 1.83 bits per heavy atom. The molecule has 0 atom stereocenters. The van der Waals surface area contributed by atoms with Crippen molar-refractivity contribution >= 4 is 9.84 Å². The molecule has 3 aromatic rings. The average molecular weight is 330 g/mol. The van der Waals surface area contributed by atoms with Gasteiger partial charge >= 0.3 is 0 Å². The van der Waals surface area contributed by atoms with Crippen LogP contribution in [-0.4, -0.2) is 27.7 Å². The zero-order chi connectivity index (χ0) is 16.6. The van der Waals surface area contributed by atoms with Gasteiger partial charge in [-0.2, -0.15) is 5.10 Å². The zero-order valence-electron chi connectivity index (χ0n) is 13.3. The summed E-state index contributed by atoms with van der Waals surface area (Å²) in [6, 6.07) is 5.93.